The molecule has 2 fully saturated rings. The van der Waals surface area contributed by atoms with E-state index in [0.717, 1.165) is 73.4 Å². The predicted molar refractivity (Wildman–Crippen MR) is 169 cm³/mol. The molecule has 2 unspecified atom stereocenters. The number of benzene rings is 1. The molecule has 1 aromatic carbocycles. The van der Waals surface area contributed by atoms with Gasteiger partial charge >= 0.3 is 0 Å². The highest BCUT2D eigenvalue weighted by Crippen LogP contribution is 2.42. The molecule has 3 aliphatic rings. The predicted octanol–water partition coefficient (Wildman–Crippen LogP) is 4.96. The molecule has 2 aliphatic heterocycles. The van der Waals surface area contributed by atoms with Crippen LogP contribution in [0.3, 0.4) is 0 Å². The molecule has 2 atom stereocenters. The third kappa shape index (κ3) is 5.74. The lowest BCUT2D eigenvalue weighted by molar-refractivity contribution is -0.121. The van der Waals surface area contributed by atoms with E-state index in [2.05, 4.69) is 39.5 Å². The van der Waals surface area contributed by atoms with Crippen molar-refractivity contribution in [2.24, 2.45) is 5.92 Å². The number of nitrogens with zero attached hydrogens (tertiary/aromatic N) is 8. The number of rotatable bonds is 7. The van der Waals surface area contributed by atoms with Crippen LogP contribution in [-0.2, 0) is 22.5 Å². The van der Waals surface area contributed by atoms with Crippen molar-refractivity contribution >= 4 is 34.2 Å². The molecule has 45 heavy (non-hydrogen) atoms. The number of fused-ring (bicyclic) bond motifs is 2. The highest BCUT2D eigenvalue weighted by molar-refractivity contribution is 6.30. The van der Waals surface area contributed by atoms with Crippen LogP contribution >= 0.6 is 11.6 Å². The molecule has 5 heterocycles. The Kier molecular flexibility index (Phi) is 8.12. The van der Waals surface area contributed by atoms with E-state index in [9.17, 15) is 10.1 Å². The molecule has 1 amide bonds. The molecule has 7 rings (SSSR count). The maximum absolute atomic E-state index is 12.9. The number of carbonyl (C=O) groups excluding carboxylic acids is 1. The van der Waals surface area contributed by atoms with Crippen molar-refractivity contribution in [1.29, 1.82) is 5.26 Å². The number of anilines is 1. The van der Waals surface area contributed by atoms with Crippen molar-refractivity contribution in [3.05, 3.63) is 58.9 Å². The number of halogens is 1. The van der Waals surface area contributed by atoms with Crippen molar-refractivity contribution in [1.82, 2.24) is 29.6 Å². The first kappa shape index (κ1) is 29.6. The molecule has 12 heteroatoms. The Labute approximate surface area is 266 Å². The molecule has 4 aromatic rings. The Bertz CT molecular complexity index is 1780. The van der Waals surface area contributed by atoms with Crippen molar-refractivity contribution < 1.29 is 14.3 Å². The molecular weight excluding hydrogens is 592 g/mol. The van der Waals surface area contributed by atoms with Gasteiger partial charge in [0, 0.05) is 42.5 Å². The molecule has 1 aliphatic carbocycles. The maximum atomic E-state index is 12.9. The van der Waals surface area contributed by atoms with Crippen LogP contribution in [0.5, 0.6) is 5.75 Å². The number of nitriles is 1. The fourth-order valence-electron chi connectivity index (χ4n) is 6.85. The third-order valence-corrected chi connectivity index (χ3v) is 9.18. The monoisotopic (exact) mass is 626 g/mol. The van der Waals surface area contributed by atoms with Gasteiger partial charge in [-0.2, -0.15) is 10.4 Å². The molecule has 0 N–H and O–H groups in total. The van der Waals surface area contributed by atoms with Crippen LogP contribution < -0.4 is 9.64 Å². The van der Waals surface area contributed by atoms with E-state index in [1.807, 2.05) is 24.4 Å². The molecule has 3 aromatic heterocycles. The average Bonchev–Trinajstić information content (AvgIpc) is 3.70. The van der Waals surface area contributed by atoms with Crippen LogP contribution in [0.15, 0.2) is 36.8 Å². The minimum atomic E-state index is -0.190. The molecular formula is C33H35ClN8O3. The van der Waals surface area contributed by atoms with Crippen LogP contribution in [0.2, 0.25) is 5.02 Å². The summed E-state index contributed by atoms with van der Waals surface area (Å²) >= 11 is 5.96. The SMILES string of the molecule is CC(C)Cc1nc2c(cnn2C2CCC(N3CCOCC3)C2)c(-c2ccc3c(c2)OCC(=O)N3Cc2ncc(Cl)cn2)c1C#N. The molecule has 0 bridgehead atoms. The first-order chi connectivity index (χ1) is 21.9. The second kappa shape index (κ2) is 12.4. The number of ether oxygens (including phenoxy) is 2. The van der Waals surface area contributed by atoms with Gasteiger partial charge in [-0.25, -0.2) is 19.6 Å². The normalized spacial score (nSPS) is 20.4. The zero-order valence-corrected chi connectivity index (χ0v) is 26.2. The van der Waals surface area contributed by atoms with Crippen LogP contribution in [0, 0.1) is 17.2 Å². The van der Waals surface area contributed by atoms with Crippen LogP contribution in [0.1, 0.15) is 56.2 Å². The van der Waals surface area contributed by atoms with E-state index in [1.165, 1.54) is 12.4 Å². The standard InChI is InChI=1S/C33H35ClN8O3/c1-20(2)11-27-25(14-35)32(26-17-38-42(33(26)39-27)24-5-4-23(13-24)40-7-9-44-10-8-40)21-3-6-28-29(12-21)45-19-31(43)41(28)18-30-36-15-22(34)16-37-30/h3,6,12,15-17,20,23-24H,4-5,7-11,13,18-19H2,1-2H3. The molecule has 11 nitrogen and oxygen atoms in total. The Morgan fingerprint density at radius 1 is 1.11 bits per heavy atom. The van der Waals surface area contributed by atoms with E-state index in [0.29, 0.717) is 46.2 Å². The summed E-state index contributed by atoms with van der Waals surface area (Å²) in [5.74, 6) is 1.15. The summed E-state index contributed by atoms with van der Waals surface area (Å²) in [5.41, 5.74) is 4.36. The third-order valence-electron chi connectivity index (χ3n) is 8.98. The number of pyridine rings is 1. The van der Waals surface area contributed by atoms with Crippen LogP contribution in [0.4, 0.5) is 5.69 Å². The summed E-state index contributed by atoms with van der Waals surface area (Å²) in [6.07, 6.45) is 8.72. The van der Waals surface area contributed by atoms with Gasteiger partial charge in [-0.1, -0.05) is 31.5 Å². The number of amides is 1. The topological polar surface area (TPSA) is 122 Å². The lowest BCUT2D eigenvalue weighted by Gasteiger charge is -2.32. The molecule has 1 saturated carbocycles. The number of aromatic nitrogens is 5. The van der Waals surface area contributed by atoms with Gasteiger partial charge in [0.15, 0.2) is 12.3 Å². The molecule has 0 radical (unpaired) electrons. The molecule has 0 spiro atoms. The van der Waals surface area contributed by atoms with Crippen molar-refractivity contribution in [2.75, 3.05) is 37.8 Å². The number of hydrogen-bond donors (Lipinski definition) is 0. The zero-order chi connectivity index (χ0) is 31.1. The first-order valence-corrected chi connectivity index (χ1v) is 15.9. The Morgan fingerprint density at radius 3 is 2.64 bits per heavy atom. The second-order valence-corrected chi connectivity index (χ2v) is 12.8. The van der Waals surface area contributed by atoms with Gasteiger partial charge in [0.05, 0.1) is 54.0 Å². The summed E-state index contributed by atoms with van der Waals surface area (Å²) in [4.78, 5) is 30.7. The summed E-state index contributed by atoms with van der Waals surface area (Å²) in [6.45, 7) is 7.87. The summed E-state index contributed by atoms with van der Waals surface area (Å²) in [5, 5.41) is 16.7. The summed E-state index contributed by atoms with van der Waals surface area (Å²) < 4.78 is 13.6. The smallest absolute Gasteiger partial charge is 0.265 e. The minimum Gasteiger partial charge on any atom is -0.482 e. The quantitative estimate of drug-likeness (QED) is 0.280. The molecule has 1 saturated heterocycles. The van der Waals surface area contributed by atoms with Gasteiger partial charge in [0.2, 0.25) is 0 Å². The van der Waals surface area contributed by atoms with Crippen LogP contribution in [0.25, 0.3) is 22.2 Å². The van der Waals surface area contributed by atoms with Gasteiger partial charge in [-0.15, -0.1) is 0 Å². The molecule has 232 valence electrons. The lowest BCUT2D eigenvalue weighted by Crippen LogP contribution is -2.42. The fraction of sp³-hybridized carbons (Fsp3) is 0.455. The van der Waals surface area contributed by atoms with Crippen molar-refractivity contribution in [3.8, 4) is 22.9 Å². The Balaban J connectivity index is 1.28. The average molecular weight is 627 g/mol. The maximum Gasteiger partial charge on any atom is 0.265 e. The van der Waals surface area contributed by atoms with Crippen molar-refractivity contribution in [3.63, 3.8) is 0 Å². The zero-order valence-electron chi connectivity index (χ0n) is 25.4. The minimum absolute atomic E-state index is 0.108. The summed E-state index contributed by atoms with van der Waals surface area (Å²) in [7, 11) is 0. The van der Waals surface area contributed by atoms with Gasteiger partial charge in [0.25, 0.3) is 5.91 Å². The summed E-state index contributed by atoms with van der Waals surface area (Å²) in [6, 6.07) is 8.92. The van der Waals surface area contributed by atoms with Crippen molar-refractivity contribution in [2.45, 2.75) is 58.2 Å². The van der Waals surface area contributed by atoms with Gasteiger partial charge in [-0.05, 0) is 49.3 Å². The van der Waals surface area contributed by atoms with Crippen LogP contribution in [-0.4, -0.2) is 74.5 Å². The van der Waals surface area contributed by atoms with Gasteiger partial charge in [0.1, 0.15) is 17.6 Å². The first-order valence-electron chi connectivity index (χ1n) is 15.6. The lowest BCUT2D eigenvalue weighted by atomic mass is 9.93. The number of hydrogen-bond acceptors (Lipinski definition) is 9. The van der Waals surface area contributed by atoms with E-state index in [4.69, 9.17) is 31.2 Å². The Morgan fingerprint density at radius 2 is 1.89 bits per heavy atom. The second-order valence-electron chi connectivity index (χ2n) is 12.4. The van der Waals surface area contributed by atoms with Gasteiger partial charge < -0.3 is 9.47 Å². The largest absolute Gasteiger partial charge is 0.482 e. The van der Waals surface area contributed by atoms with E-state index in [1.54, 1.807) is 4.90 Å². The number of morpholine rings is 1. The van der Waals surface area contributed by atoms with E-state index >= 15 is 0 Å². The number of carbonyl (C=O) groups is 1. The van der Waals surface area contributed by atoms with Gasteiger partial charge in [-0.3, -0.25) is 14.6 Å². The van der Waals surface area contributed by atoms with E-state index in [-0.39, 0.29) is 25.1 Å². The Hall–Kier alpha value is -4.11. The van der Waals surface area contributed by atoms with E-state index < -0.39 is 0 Å². The highest BCUT2D eigenvalue weighted by Gasteiger charge is 2.34. The highest BCUT2D eigenvalue weighted by atomic mass is 35.5. The fourth-order valence-corrected chi connectivity index (χ4v) is 6.95.